The Balaban J connectivity index is 0.000000218. The third-order valence-electron chi connectivity index (χ3n) is 6.06. The van der Waals surface area contributed by atoms with Crippen molar-refractivity contribution in [3.63, 3.8) is 0 Å². The van der Waals surface area contributed by atoms with Gasteiger partial charge in [-0.05, 0) is 96.0 Å². The molecule has 4 heterocycles. The molecule has 0 aliphatic rings. The number of hydrogen-bond donors (Lipinski definition) is 3. The van der Waals surface area contributed by atoms with Gasteiger partial charge in [0.2, 0.25) is 0 Å². The van der Waals surface area contributed by atoms with Gasteiger partial charge in [0.25, 0.3) is 0 Å². The lowest BCUT2D eigenvalue weighted by molar-refractivity contribution is -0.113. The van der Waals surface area contributed by atoms with Gasteiger partial charge >= 0.3 is 0 Å². The molecule has 8 nitrogen and oxygen atoms in total. The molecule has 0 spiro atoms. The largest absolute Gasteiger partial charge is 0.314 e. The lowest BCUT2D eigenvalue weighted by Crippen LogP contribution is -2.34. The fourth-order valence-corrected chi connectivity index (χ4v) is 3.93. The van der Waals surface area contributed by atoms with Gasteiger partial charge in [-0.15, -0.1) is 0 Å². The van der Waals surface area contributed by atoms with Crippen LogP contribution in [0.1, 0.15) is 48.7 Å². The molecule has 0 aliphatic heterocycles. The summed E-state index contributed by atoms with van der Waals surface area (Å²) in [6.07, 6.45) is 7.11. The number of carbonyl (C=O) groups excluding carboxylic acids is 3. The first-order valence-corrected chi connectivity index (χ1v) is 13.2. The summed E-state index contributed by atoms with van der Waals surface area (Å²) in [4.78, 5) is 34.7. The second-order valence-corrected chi connectivity index (χ2v) is 8.94. The van der Waals surface area contributed by atoms with Crippen molar-refractivity contribution < 1.29 is 14.4 Å². The molecule has 0 saturated carbocycles. The van der Waals surface area contributed by atoms with Crippen molar-refractivity contribution in [2.45, 2.75) is 39.8 Å². The van der Waals surface area contributed by atoms with Crippen LogP contribution in [0.3, 0.4) is 0 Å². The van der Waals surface area contributed by atoms with Crippen LogP contribution < -0.4 is 16.0 Å². The number of likely N-dealkylation sites (N-methyl/N-ethyl adjacent to an activating group) is 3. The van der Waals surface area contributed by atoms with E-state index in [2.05, 4.69) is 16.0 Å². The number of nitrogens with one attached hydrogen (secondary N) is 3. The fraction of sp³-hybridized carbons (Fsp3) is 0.323. The molecule has 0 aliphatic carbocycles. The summed E-state index contributed by atoms with van der Waals surface area (Å²) in [6.45, 7) is 8.82. The Kier molecular flexibility index (Phi) is 13.0. The number of Topliss-reactive ketones (excluding diaryl/α,β-unsaturated/α-hetero) is 2. The monoisotopic (exact) mass is 531 g/mol. The lowest BCUT2D eigenvalue weighted by Gasteiger charge is -2.12. The second-order valence-electron chi connectivity index (χ2n) is 8.94. The number of carbonyl (C=O) groups is 3. The Labute approximate surface area is 231 Å². The van der Waals surface area contributed by atoms with Gasteiger partial charge < -0.3 is 24.8 Å². The fourth-order valence-electron chi connectivity index (χ4n) is 3.93. The molecule has 2 atom stereocenters. The summed E-state index contributed by atoms with van der Waals surface area (Å²) in [7, 11) is 3.54. The number of hydrogen-bond acceptors (Lipinski definition) is 6. The highest BCUT2D eigenvalue weighted by Gasteiger charge is 2.16. The van der Waals surface area contributed by atoms with Crippen molar-refractivity contribution in [2.75, 3.05) is 27.2 Å². The number of pyridine rings is 2. The van der Waals surface area contributed by atoms with Crippen molar-refractivity contribution >= 4 is 28.4 Å². The van der Waals surface area contributed by atoms with Gasteiger partial charge in [-0.1, -0.05) is 25.1 Å². The number of nitrogens with zero attached hydrogens (tertiary/aromatic N) is 2. The first kappa shape index (κ1) is 31.4. The third kappa shape index (κ3) is 8.85. The molecule has 39 heavy (non-hydrogen) atoms. The van der Waals surface area contributed by atoms with Crippen LogP contribution in [0.2, 0.25) is 0 Å². The second kappa shape index (κ2) is 16.2. The Morgan fingerprint density at radius 3 is 1.72 bits per heavy atom. The predicted molar refractivity (Wildman–Crippen MR) is 159 cm³/mol. The summed E-state index contributed by atoms with van der Waals surface area (Å²) in [5.74, 6) is 0.359. The van der Waals surface area contributed by atoms with E-state index in [0.29, 0.717) is 6.54 Å². The number of ketones is 3. The van der Waals surface area contributed by atoms with E-state index in [1.165, 1.54) is 0 Å². The molecule has 0 aromatic carbocycles. The first-order valence-electron chi connectivity index (χ1n) is 13.2. The molecule has 8 heteroatoms. The average Bonchev–Trinajstić information content (AvgIpc) is 3.62. The molecule has 3 N–H and O–H groups in total. The lowest BCUT2D eigenvalue weighted by atomic mass is 10.1. The maximum Gasteiger partial charge on any atom is 0.196 e. The van der Waals surface area contributed by atoms with Gasteiger partial charge in [0, 0.05) is 23.4 Å². The van der Waals surface area contributed by atoms with Crippen molar-refractivity contribution in [1.82, 2.24) is 24.8 Å². The Hall–Kier alpha value is -3.85. The molecule has 0 bridgehead atoms. The van der Waals surface area contributed by atoms with Gasteiger partial charge in [-0.25, -0.2) is 0 Å². The maximum absolute atomic E-state index is 12.2. The van der Waals surface area contributed by atoms with Crippen LogP contribution in [-0.4, -0.2) is 65.4 Å². The smallest absolute Gasteiger partial charge is 0.196 e. The van der Waals surface area contributed by atoms with E-state index in [-0.39, 0.29) is 29.4 Å². The normalized spacial score (nSPS) is 12.4. The van der Waals surface area contributed by atoms with Crippen LogP contribution in [0.25, 0.3) is 11.0 Å². The highest BCUT2D eigenvalue weighted by molar-refractivity contribution is 5.99. The van der Waals surface area contributed by atoms with Crippen LogP contribution in [-0.2, 0) is 4.79 Å². The van der Waals surface area contributed by atoms with Gasteiger partial charge in [0.1, 0.15) is 0 Å². The molecule has 0 saturated heterocycles. The average molecular weight is 532 g/mol. The van der Waals surface area contributed by atoms with E-state index in [9.17, 15) is 14.4 Å². The molecular formula is C31H41N5O3. The molecule has 4 rings (SSSR count). The molecular weight excluding hydrogens is 490 g/mol. The van der Waals surface area contributed by atoms with Crippen LogP contribution in [0, 0.1) is 0 Å². The van der Waals surface area contributed by atoms with E-state index in [1.54, 1.807) is 26.2 Å². The zero-order chi connectivity index (χ0) is 28.8. The SMILES string of the molecule is C/C=C/C(=O)CNC.CCNC(C)C(=O)c1cccc2cccn12.CNC(C)C(=O)c1cccc2cccn12. The van der Waals surface area contributed by atoms with Crippen molar-refractivity contribution in [1.29, 1.82) is 0 Å². The maximum atomic E-state index is 12.2. The van der Waals surface area contributed by atoms with Crippen LogP contribution in [0.15, 0.2) is 85.2 Å². The summed E-state index contributed by atoms with van der Waals surface area (Å²) >= 11 is 0. The van der Waals surface area contributed by atoms with Gasteiger partial charge in [-0.2, -0.15) is 0 Å². The van der Waals surface area contributed by atoms with E-state index >= 15 is 0 Å². The summed E-state index contributed by atoms with van der Waals surface area (Å²) in [5.41, 5.74) is 3.55. The van der Waals surface area contributed by atoms with Crippen molar-refractivity contribution in [2.24, 2.45) is 0 Å². The zero-order valence-corrected chi connectivity index (χ0v) is 23.8. The number of aromatic nitrogens is 2. The van der Waals surface area contributed by atoms with E-state index in [4.69, 9.17) is 0 Å². The van der Waals surface area contributed by atoms with Crippen LogP contribution in [0.5, 0.6) is 0 Å². The molecule has 2 unspecified atom stereocenters. The summed E-state index contributed by atoms with van der Waals surface area (Å²) in [6, 6.07) is 19.1. The Morgan fingerprint density at radius 1 is 0.795 bits per heavy atom. The van der Waals surface area contributed by atoms with Crippen molar-refractivity contribution in [3.05, 3.63) is 96.6 Å². The van der Waals surface area contributed by atoms with Crippen LogP contribution >= 0.6 is 0 Å². The molecule has 4 aromatic heterocycles. The topological polar surface area (TPSA) is 96.1 Å². The Bertz CT molecular complexity index is 1390. The third-order valence-corrected chi connectivity index (χ3v) is 6.06. The minimum Gasteiger partial charge on any atom is -0.314 e. The number of rotatable bonds is 10. The highest BCUT2D eigenvalue weighted by atomic mass is 16.1. The molecule has 208 valence electrons. The number of allylic oxidation sites excluding steroid dienone is 1. The Morgan fingerprint density at radius 2 is 1.28 bits per heavy atom. The van der Waals surface area contributed by atoms with E-state index < -0.39 is 0 Å². The molecule has 0 fully saturated rings. The van der Waals surface area contributed by atoms with E-state index in [1.807, 2.05) is 110 Å². The quantitative estimate of drug-likeness (QED) is 0.210. The molecule has 4 aromatic rings. The van der Waals surface area contributed by atoms with Gasteiger partial charge in [-0.3, -0.25) is 14.4 Å². The summed E-state index contributed by atoms with van der Waals surface area (Å²) in [5, 5.41) is 8.85. The predicted octanol–water partition coefficient (Wildman–Crippen LogP) is 4.20. The van der Waals surface area contributed by atoms with Gasteiger partial charge in [0.15, 0.2) is 17.3 Å². The standard InChI is InChI=1S/C13H16N2O.C12H14N2O.C6H11NO/c1-3-14-10(2)13(16)12-8-4-6-11-7-5-9-15(11)12;1-9(13-2)12(15)11-7-3-5-10-6-4-8-14(10)11;1-3-4-6(8)5-7-2/h4-10,14H,3H2,1-2H3;3-9,13H,1-2H3;3-4,7H,5H2,1-2H3/b;;4-3+. The van der Waals surface area contributed by atoms with E-state index in [0.717, 1.165) is 29.0 Å². The zero-order valence-electron chi connectivity index (χ0n) is 23.8. The highest BCUT2D eigenvalue weighted by Crippen LogP contribution is 2.11. The minimum absolute atomic E-state index is 0.110. The minimum atomic E-state index is -0.155. The first-order chi connectivity index (χ1) is 18.8. The summed E-state index contributed by atoms with van der Waals surface area (Å²) < 4.78 is 3.84. The van der Waals surface area contributed by atoms with Crippen molar-refractivity contribution in [3.8, 4) is 0 Å². The van der Waals surface area contributed by atoms with Gasteiger partial charge in [0.05, 0.1) is 30.0 Å². The molecule has 0 amide bonds. The van der Waals surface area contributed by atoms with Crippen LogP contribution in [0.4, 0.5) is 0 Å². The number of fused-ring (bicyclic) bond motifs is 2. The molecule has 0 radical (unpaired) electrons.